The van der Waals surface area contributed by atoms with E-state index < -0.39 is 0 Å². The summed E-state index contributed by atoms with van der Waals surface area (Å²) >= 11 is 0. The van der Waals surface area contributed by atoms with Crippen molar-refractivity contribution in [3.8, 4) is 0 Å². The highest BCUT2D eigenvalue weighted by Crippen LogP contribution is 2.31. The van der Waals surface area contributed by atoms with Gasteiger partial charge in [0.05, 0.1) is 6.61 Å². The molecule has 1 heterocycles. The number of ether oxygens (including phenoxy) is 2. The Balaban J connectivity index is 1.88. The van der Waals surface area contributed by atoms with Crippen molar-refractivity contribution in [2.45, 2.75) is 12.1 Å². The number of hydrogen-bond donors (Lipinski definition) is 0. The number of benzene rings is 2. The van der Waals surface area contributed by atoms with Crippen molar-refractivity contribution in [1.82, 2.24) is 0 Å². The van der Waals surface area contributed by atoms with E-state index in [2.05, 4.69) is 17.1 Å². The van der Waals surface area contributed by atoms with Crippen molar-refractivity contribution < 1.29 is 9.47 Å². The van der Waals surface area contributed by atoms with E-state index in [0.717, 1.165) is 11.1 Å². The fourth-order valence-corrected chi connectivity index (χ4v) is 2.40. The molecule has 0 aromatic heterocycles. The molecule has 0 aliphatic carbocycles. The van der Waals surface area contributed by atoms with Gasteiger partial charge in [-0.15, -0.1) is 0 Å². The van der Waals surface area contributed by atoms with E-state index in [1.54, 1.807) is 7.11 Å². The fourth-order valence-electron chi connectivity index (χ4n) is 2.40. The molecule has 0 unspecified atom stereocenters. The molecule has 2 atom stereocenters. The van der Waals surface area contributed by atoms with Crippen LogP contribution >= 0.6 is 0 Å². The van der Waals surface area contributed by atoms with Crippen molar-refractivity contribution in [2.24, 2.45) is 4.99 Å². The molecule has 102 valence electrons. The Hall–Kier alpha value is -2.13. The van der Waals surface area contributed by atoms with Gasteiger partial charge in [0, 0.05) is 12.7 Å². The highest BCUT2D eigenvalue weighted by Gasteiger charge is 2.32. The summed E-state index contributed by atoms with van der Waals surface area (Å²) in [7, 11) is 1.69. The van der Waals surface area contributed by atoms with Crippen LogP contribution in [-0.2, 0) is 9.47 Å². The first-order valence-electron chi connectivity index (χ1n) is 6.72. The summed E-state index contributed by atoms with van der Waals surface area (Å²) in [5.41, 5.74) is 2.14. The number of methoxy groups -OCH3 is 1. The monoisotopic (exact) mass is 267 g/mol. The zero-order valence-electron chi connectivity index (χ0n) is 11.4. The first-order chi connectivity index (χ1) is 9.88. The molecule has 0 saturated carbocycles. The fraction of sp³-hybridized carbons (Fsp3) is 0.235. The highest BCUT2D eigenvalue weighted by atomic mass is 16.5. The maximum atomic E-state index is 6.07. The summed E-state index contributed by atoms with van der Waals surface area (Å²) in [6, 6.07) is 20.2. The van der Waals surface area contributed by atoms with Crippen LogP contribution in [0.3, 0.4) is 0 Å². The molecule has 0 saturated heterocycles. The molecule has 0 amide bonds. The Morgan fingerprint density at radius 1 is 1.00 bits per heavy atom. The zero-order chi connectivity index (χ0) is 13.8. The lowest BCUT2D eigenvalue weighted by Gasteiger charge is -2.17. The third-order valence-electron chi connectivity index (χ3n) is 3.36. The lowest BCUT2D eigenvalue weighted by atomic mass is 10.0. The van der Waals surface area contributed by atoms with E-state index in [4.69, 9.17) is 9.47 Å². The largest absolute Gasteiger partial charge is 0.467 e. The van der Waals surface area contributed by atoms with Gasteiger partial charge in [0.15, 0.2) is 6.10 Å². The third-order valence-corrected chi connectivity index (χ3v) is 3.36. The smallest absolute Gasteiger partial charge is 0.217 e. The Morgan fingerprint density at radius 3 is 2.30 bits per heavy atom. The van der Waals surface area contributed by atoms with Crippen LogP contribution in [0.4, 0.5) is 0 Å². The first kappa shape index (κ1) is 12.9. The average molecular weight is 267 g/mol. The number of rotatable bonds is 4. The molecule has 2 aromatic rings. The minimum Gasteiger partial charge on any atom is -0.467 e. The number of aliphatic imine (C=N–C) groups is 1. The van der Waals surface area contributed by atoms with E-state index in [0.29, 0.717) is 12.5 Å². The Labute approximate surface area is 118 Å². The van der Waals surface area contributed by atoms with Crippen molar-refractivity contribution in [1.29, 1.82) is 0 Å². The second-order valence-electron chi connectivity index (χ2n) is 4.77. The summed E-state index contributed by atoms with van der Waals surface area (Å²) in [6.07, 6.45) is -0.0774. The van der Waals surface area contributed by atoms with Crippen molar-refractivity contribution >= 4 is 5.90 Å². The normalized spacial score (nSPS) is 21.4. The van der Waals surface area contributed by atoms with Crippen LogP contribution in [0.1, 0.15) is 17.2 Å². The van der Waals surface area contributed by atoms with Gasteiger partial charge in [0.25, 0.3) is 0 Å². The molecule has 1 aliphatic rings. The molecular weight excluding hydrogens is 250 g/mol. The molecule has 1 aliphatic heterocycles. The Bertz CT molecular complexity index is 580. The van der Waals surface area contributed by atoms with Crippen LogP contribution in [0.15, 0.2) is 65.7 Å². The zero-order valence-corrected chi connectivity index (χ0v) is 11.4. The predicted octanol–water partition coefficient (Wildman–Crippen LogP) is 3.22. The minimum absolute atomic E-state index is 0.00222. The molecule has 0 spiro atoms. The Morgan fingerprint density at radius 2 is 1.65 bits per heavy atom. The molecule has 3 heteroatoms. The van der Waals surface area contributed by atoms with Gasteiger partial charge in [-0.05, 0) is 17.7 Å². The van der Waals surface area contributed by atoms with Gasteiger partial charge in [0.1, 0.15) is 6.04 Å². The summed E-state index contributed by atoms with van der Waals surface area (Å²) in [5, 5.41) is 0. The highest BCUT2D eigenvalue weighted by molar-refractivity contribution is 5.95. The summed E-state index contributed by atoms with van der Waals surface area (Å²) in [5.74, 6) is 0.696. The lowest BCUT2D eigenvalue weighted by molar-refractivity contribution is 0.120. The molecule has 0 radical (unpaired) electrons. The quantitative estimate of drug-likeness (QED) is 0.851. The van der Waals surface area contributed by atoms with Crippen LogP contribution in [0, 0.1) is 0 Å². The SMILES string of the molecule is COC[C@@H]1N=C(c2ccccc2)O[C@H]1c1ccccc1. The van der Waals surface area contributed by atoms with Crippen molar-refractivity contribution in [3.63, 3.8) is 0 Å². The van der Waals surface area contributed by atoms with E-state index in [1.807, 2.05) is 48.5 Å². The molecule has 2 aromatic carbocycles. The molecule has 3 rings (SSSR count). The average Bonchev–Trinajstić information content (AvgIpc) is 2.94. The van der Waals surface area contributed by atoms with Gasteiger partial charge in [-0.25, -0.2) is 4.99 Å². The molecule has 0 fully saturated rings. The van der Waals surface area contributed by atoms with E-state index >= 15 is 0 Å². The van der Waals surface area contributed by atoms with Gasteiger partial charge >= 0.3 is 0 Å². The van der Waals surface area contributed by atoms with Gasteiger partial charge in [-0.1, -0.05) is 48.5 Å². The van der Waals surface area contributed by atoms with Gasteiger partial charge < -0.3 is 9.47 Å². The molecule has 20 heavy (non-hydrogen) atoms. The maximum absolute atomic E-state index is 6.07. The molecule has 3 nitrogen and oxygen atoms in total. The molecule has 0 bridgehead atoms. The predicted molar refractivity (Wildman–Crippen MR) is 78.9 cm³/mol. The number of nitrogens with zero attached hydrogens (tertiary/aromatic N) is 1. The van der Waals surface area contributed by atoms with Gasteiger partial charge in [0.2, 0.25) is 5.90 Å². The van der Waals surface area contributed by atoms with Crippen LogP contribution in [0.5, 0.6) is 0 Å². The molecular formula is C17H17NO2. The second-order valence-corrected chi connectivity index (χ2v) is 4.77. The summed E-state index contributed by atoms with van der Waals surface area (Å²) in [6.45, 7) is 0.551. The lowest BCUT2D eigenvalue weighted by Crippen LogP contribution is -2.19. The maximum Gasteiger partial charge on any atom is 0.217 e. The van der Waals surface area contributed by atoms with E-state index in [9.17, 15) is 0 Å². The van der Waals surface area contributed by atoms with Crippen molar-refractivity contribution in [3.05, 3.63) is 71.8 Å². The van der Waals surface area contributed by atoms with Gasteiger partial charge in [-0.3, -0.25) is 0 Å². The van der Waals surface area contributed by atoms with E-state index in [1.165, 1.54) is 0 Å². The number of hydrogen-bond acceptors (Lipinski definition) is 3. The summed E-state index contributed by atoms with van der Waals surface area (Å²) in [4.78, 5) is 4.68. The van der Waals surface area contributed by atoms with Crippen LogP contribution in [0.2, 0.25) is 0 Å². The molecule has 0 N–H and O–H groups in total. The topological polar surface area (TPSA) is 30.8 Å². The third kappa shape index (κ3) is 2.58. The standard InChI is InChI=1S/C17H17NO2/c1-19-12-15-16(13-8-4-2-5-9-13)20-17(18-15)14-10-6-3-7-11-14/h2-11,15-16H,12H2,1H3/t15-,16-/m0/s1. The summed E-state index contributed by atoms with van der Waals surface area (Å²) < 4.78 is 11.3. The van der Waals surface area contributed by atoms with Crippen LogP contribution < -0.4 is 0 Å². The van der Waals surface area contributed by atoms with E-state index in [-0.39, 0.29) is 12.1 Å². The van der Waals surface area contributed by atoms with Crippen LogP contribution in [-0.4, -0.2) is 25.7 Å². The van der Waals surface area contributed by atoms with Gasteiger partial charge in [-0.2, -0.15) is 0 Å². The second kappa shape index (κ2) is 5.88. The van der Waals surface area contributed by atoms with Crippen molar-refractivity contribution in [2.75, 3.05) is 13.7 Å². The Kier molecular flexibility index (Phi) is 3.79. The minimum atomic E-state index is -0.0774. The van der Waals surface area contributed by atoms with Crippen LogP contribution in [0.25, 0.3) is 0 Å². The first-order valence-corrected chi connectivity index (χ1v) is 6.72.